The predicted molar refractivity (Wildman–Crippen MR) is 137 cm³/mol. The fourth-order valence-electron chi connectivity index (χ4n) is 5.95. The molecule has 0 N–H and O–H groups in total. The summed E-state index contributed by atoms with van der Waals surface area (Å²) >= 11 is 0. The third kappa shape index (κ3) is 5.00. The molecule has 5 rings (SSSR count). The van der Waals surface area contributed by atoms with Gasteiger partial charge >= 0.3 is 0 Å². The molecule has 34 heavy (non-hydrogen) atoms. The van der Waals surface area contributed by atoms with Gasteiger partial charge in [-0.3, -0.25) is 9.69 Å². The number of carbonyl (C=O) groups is 1. The van der Waals surface area contributed by atoms with Gasteiger partial charge in [0.25, 0.3) is 0 Å². The van der Waals surface area contributed by atoms with Crippen molar-refractivity contribution in [2.75, 3.05) is 57.8 Å². The third-order valence-corrected chi connectivity index (χ3v) is 7.96. The second kappa shape index (κ2) is 10.6. The largest absolute Gasteiger partial charge is 0.495 e. The molecule has 2 aliphatic heterocycles. The molecule has 2 fully saturated rings. The lowest BCUT2D eigenvalue weighted by molar-refractivity contribution is -0.132. The van der Waals surface area contributed by atoms with Gasteiger partial charge in [0.1, 0.15) is 5.75 Å². The number of fused-ring (bicyclic) bond motifs is 1. The van der Waals surface area contributed by atoms with Crippen LogP contribution in [0.15, 0.2) is 66.7 Å². The molecule has 1 amide bonds. The molecule has 3 unspecified atom stereocenters. The molecule has 0 radical (unpaired) electrons. The highest BCUT2D eigenvalue weighted by Crippen LogP contribution is 2.35. The van der Waals surface area contributed by atoms with Gasteiger partial charge < -0.3 is 14.5 Å². The molecule has 0 saturated carbocycles. The molecule has 3 atom stereocenters. The van der Waals surface area contributed by atoms with Gasteiger partial charge in [0.2, 0.25) is 5.91 Å². The van der Waals surface area contributed by atoms with E-state index in [1.165, 1.54) is 5.69 Å². The Hall–Kier alpha value is -2.79. The van der Waals surface area contributed by atoms with Gasteiger partial charge in [-0.05, 0) is 55.3 Å². The molecule has 5 heteroatoms. The van der Waals surface area contributed by atoms with Crippen molar-refractivity contribution < 1.29 is 9.53 Å². The van der Waals surface area contributed by atoms with E-state index in [1.807, 2.05) is 18.2 Å². The first kappa shape index (κ1) is 23.0. The van der Waals surface area contributed by atoms with Gasteiger partial charge in [-0.25, -0.2) is 0 Å². The van der Waals surface area contributed by atoms with Gasteiger partial charge in [0, 0.05) is 39.3 Å². The van der Waals surface area contributed by atoms with Crippen molar-refractivity contribution in [2.24, 2.45) is 11.8 Å². The van der Waals surface area contributed by atoms with Crippen LogP contribution in [-0.4, -0.2) is 68.6 Å². The number of hydrogen-bond donors (Lipinski definition) is 0. The molecule has 2 heterocycles. The van der Waals surface area contributed by atoms with E-state index in [-0.39, 0.29) is 5.92 Å². The van der Waals surface area contributed by atoms with E-state index < -0.39 is 0 Å². The van der Waals surface area contributed by atoms with Crippen LogP contribution in [0.4, 0.5) is 5.69 Å². The van der Waals surface area contributed by atoms with Crippen LogP contribution in [0, 0.1) is 11.8 Å². The second-order valence-electron chi connectivity index (χ2n) is 9.96. The summed E-state index contributed by atoms with van der Waals surface area (Å²) in [4.78, 5) is 20.8. The predicted octanol–water partition coefficient (Wildman–Crippen LogP) is 4.42. The zero-order valence-corrected chi connectivity index (χ0v) is 20.3. The monoisotopic (exact) mass is 459 g/mol. The fraction of sp³-hybridized carbons (Fsp3) is 0.483. The van der Waals surface area contributed by atoms with Crippen molar-refractivity contribution in [3.8, 4) is 5.75 Å². The highest BCUT2D eigenvalue weighted by Gasteiger charge is 2.37. The fourth-order valence-corrected chi connectivity index (χ4v) is 5.95. The van der Waals surface area contributed by atoms with Crippen molar-refractivity contribution in [1.82, 2.24) is 9.80 Å². The summed E-state index contributed by atoms with van der Waals surface area (Å²) in [6, 6.07) is 18.7. The van der Waals surface area contributed by atoms with E-state index in [0.717, 1.165) is 76.4 Å². The summed E-state index contributed by atoms with van der Waals surface area (Å²) in [7, 11) is 1.74. The third-order valence-electron chi connectivity index (χ3n) is 7.96. The molecule has 0 aromatic heterocycles. The van der Waals surface area contributed by atoms with Gasteiger partial charge in [0.05, 0.1) is 18.7 Å². The maximum Gasteiger partial charge on any atom is 0.230 e. The highest BCUT2D eigenvalue weighted by atomic mass is 16.5. The molecule has 1 aliphatic carbocycles. The number of amides is 1. The first-order valence-corrected chi connectivity index (χ1v) is 12.8. The molecule has 5 nitrogen and oxygen atoms in total. The maximum atomic E-state index is 13.7. The number of carbonyl (C=O) groups excluding carboxylic acids is 1. The van der Waals surface area contributed by atoms with Crippen LogP contribution in [0.25, 0.3) is 0 Å². The summed E-state index contributed by atoms with van der Waals surface area (Å²) in [5, 5.41) is 0. The lowest BCUT2D eigenvalue weighted by atomic mass is 9.86. The molecule has 2 aromatic rings. The molecule has 2 saturated heterocycles. The van der Waals surface area contributed by atoms with Gasteiger partial charge in [-0.15, -0.1) is 0 Å². The van der Waals surface area contributed by atoms with Crippen LogP contribution in [0.1, 0.15) is 30.7 Å². The van der Waals surface area contributed by atoms with Crippen LogP contribution in [0.3, 0.4) is 0 Å². The number of likely N-dealkylation sites (tertiary alicyclic amines) is 1. The lowest BCUT2D eigenvalue weighted by Crippen LogP contribution is -2.47. The Labute approximate surface area is 204 Å². The number of piperazine rings is 1. The number of allylic oxidation sites excluding steroid dienone is 2. The first-order valence-electron chi connectivity index (χ1n) is 12.8. The number of benzene rings is 2. The maximum absolute atomic E-state index is 13.7. The van der Waals surface area contributed by atoms with Gasteiger partial charge in [0.15, 0.2) is 0 Å². The average molecular weight is 460 g/mol. The van der Waals surface area contributed by atoms with E-state index in [1.54, 1.807) is 7.11 Å². The van der Waals surface area contributed by atoms with E-state index in [4.69, 9.17) is 4.74 Å². The minimum Gasteiger partial charge on any atom is -0.495 e. The Kier molecular flexibility index (Phi) is 7.19. The Balaban J connectivity index is 1.21. The smallest absolute Gasteiger partial charge is 0.230 e. The topological polar surface area (TPSA) is 36.0 Å². The SMILES string of the molecule is COc1ccccc1N1CCN(CCC(C(=O)N2CC3CC=CCC3C2)c2ccccc2)CC1. The van der Waals surface area contributed by atoms with Crippen LogP contribution in [0.5, 0.6) is 5.75 Å². The number of hydrogen-bond acceptors (Lipinski definition) is 4. The summed E-state index contributed by atoms with van der Waals surface area (Å²) in [6.45, 7) is 6.77. The first-order chi connectivity index (χ1) is 16.7. The Morgan fingerprint density at radius 3 is 2.24 bits per heavy atom. The second-order valence-corrected chi connectivity index (χ2v) is 9.96. The van der Waals surface area contributed by atoms with Gasteiger partial charge in [-0.1, -0.05) is 54.6 Å². The van der Waals surface area contributed by atoms with Crippen molar-refractivity contribution >= 4 is 11.6 Å². The molecule has 180 valence electrons. The summed E-state index contributed by atoms with van der Waals surface area (Å²) in [5.41, 5.74) is 2.33. The Bertz CT molecular complexity index is 968. The summed E-state index contributed by atoms with van der Waals surface area (Å²) < 4.78 is 5.56. The molecule has 2 aromatic carbocycles. The molecular weight excluding hydrogens is 422 g/mol. The number of rotatable bonds is 7. The number of para-hydroxylation sites is 2. The van der Waals surface area contributed by atoms with Crippen molar-refractivity contribution in [3.63, 3.8) is 0 Å². The Morgan fingerprint density at radius 1 is 0.912 bits per heavy atom. The number of ether oxygens (including phenoxy) is 1. The zero-order chi connectivity index (χ0) is 23.3. The minimum atomic E-state index is -0.0541. The summed E-state index contributed by atoms with van der Waals surface area (Å²) in [6.07, 6.45) is 7.73. The average Bonchev–Trinajstić information content (AvgIpc) is 3.34. The van der Waals surface area contributed by atoms with E-state index in [0.29, 0.717) is 17.7 Å². The minimum absolute atomic E-state index is 0.0541. The van der Waals surface area contributed by atoms with Crippen LogP contribution in [-0.2, 0) is 4.79 Å². The van der Waals surface area contributed by atoms with Crippen LogP contribution in [0.2, 0.25) is 0 Å². The standard InChI is InChI=1S/C29H37N3O2/c1-34-28-14-8-7-13-27(28)31-19-17-30(18-20-31)16-15-26(23-9-3-2-4-10-23)29(33)32-21-24-11-5-6-12-25(24)22-32/h2-10,13-14,24-26H,11-12,15-22H2,1H3. The highest BCUT2D eigenvalue weighted by molar-refractivity contribution is 5.84. The van der Waals surface area contributed by atoms with Crippen molar-refractivity contribution in [3.05, 3.63) is 72.3 Å². The quantitative estimate of drug-likeness (QED) is 0.575. The number of anilines is 1. The molecular formula is C29H37N3O2. The lowest BCUT2D eigenvalue weighted by Gasteiger charge is -2.37. The molecule has 3 aliphatic rings. The van der Waals surface area contributed by atoms with Crippen LogP contribution < -0.4 is 9.64 Å². The van der Waals surface area contributed by atoms with E-state index in [9.17, 15) is 4.79 Å². The Morgan fingerprint density at radius 2 is 1.56 bits per heavy atom. The van der Waals surface area contributed by atoms with Gasteiger partial charge in [-0.2, -0.15) is 0 Å². The number of nitrogens with zero attached hydrogens (tertiary/aromatic N) is 3. The molecule has 0 bridgehead atoms. The zero-order valence-electron chi connectivity index (χ0n) is 20.3. The van der Waals surface area contributed by atoms with Crippen molar-refractivity contribution in [1.29, 1.82) is 0 Å². The molecule has 0 spiro atoms. The van der Waals surface area contributed by atoms with Crippen molar-refractivity contribution in [2.45, 2.75) is 25.2 Å². The van der Waals surface area contributed by atoms with E-state index >= 15 is 0 Å². The van der Waals surface area contributed by atoms with E-state index in [2.05, 4.69) is 63.2 Å². The number of methoxy groups -OCH3 is 1. The normalized spacial score (nSPS) is 23.6. The van der Waals surface area contributed by atoms with Crippen LogP contribution >= 0.6 is 0 Å². The summed E-state index contributed by atoms with van der Waals surface area (Å²) in [5.74, 6) is 2.50.